The van der Waals surface area contributed by atoms with Gasteiger partial charge >= 0.3 is 0 Å². The fraction of sp³-hybridized carbons (Fsp3) is 1.00. The normalized spacial score (nSPS) is 6.67. The van der Waals surface area contributed by atoms with Gasteiger partial charge in [0.15, 0.2) is 0 Å². The molecule has 0 heterocycles. The molecule has 0 spiro atoms. The van der Waals surface area contributed by atoms with Crippen molar-refractivity contribution >= 4 is 11.0 Å². The second-order valence-electron chi connectivity index (χ2n) is 0.238. The quantitative estimate of drug-likeness (QED) is 0.268. The first-order valence-corrected chi connectivity index (χ1v) is 2.27. The van der Waals surface area contributed by atoms with Crippen molar-refractivity contribution in [1.29, 1.82) is 0 Å². The molecule has 0 aromatic rings. The van der Waals surface area contributed by atoms with Crippen molar-refractivity contribution in [2.45, 2.75) is 0 Å². The first kappa shape index (κ1) is 9.30. The monoisotopic (exact) mass is 113 g/mol. The third kappa shape index (κ3) is 1890. The fourth-order valence-corrected chi connectivity index (χ4v) is 0. The van der Waals surface area contributed by atoms with Gasteiger partial charge in [0.2, 0.25) is 0 Å². The minimum atomic E-state index is -3.12. The lowest BCUT2D eigenvalue weighted by Gasteiger charge is -1.43. The van der Waals surface area contributed by atoms with Crippen molar-refractivity contribution in [3.8, 4) is 0 Å². The van der Waals surface area contributed by atoms with Gasteiger partial charge in [0.1, 0.15) is 0 Å². The molecule has 5 heteroatoms. The lowest BCUT2D eigenvalue weighted by atomic mass is 11.6. The number of hydrogen-bond donors (Lipinski definition) is 3. The lowest BCUT2D eigenvalue weighted by Crippen LogP contribution is -1.69. The molecule has 0 bridgehead atoms. The number of thiol groups is 1. The standard InChI is InChI=1S/CH5N.H2O3S/c1-2;1-4(2)3/h2H2,1H3;4H,(H,1,2,3). The maximum atomic E-state index is 8.59. The van der Waals surface area contributed by atoms with E-state index in [-0.39, 0.29) is 0 Å². The SMILES string of the molecule is CN.O=[SH](=O)O. The Balaban J connectivity index is 0. The van der Waals surface area contributed by atoms with E-state index in [9.17, 15) is 0 Å². The molecule has 6 heavy (non-hydrogen) atoms. The van der Waals surface area contributed by atoms with Crippen molar-refractivity contribution < 1.29 is 13.0 Å². The fourth-order valence-electron chi connectivity index (χ4n) is 0. The summed E-state index contributed by atoms with van der Waals surface area (Å²) >= 11 is 0. The van der Waals surface area contributed by atoms with Crippen molar-refractivity contribution in [2.24, 2.45) is 5.73 Å². The van der Waals surface area contributed by atoms with Gasteiger partial charge in [0, 0.05) is 0 Å². The highest BCUT2D eigenvalue weighted by molar-refractivity contribution is 7.66. The minimum Gasteiger partial charge on any atom is -0.333 e. The van der Waals surface area contributed by atoms with Gasteiger partial charge in [-0.1, -0.05) is 0 Å². The molecule has 0 aromatic heterocycles. The Morgan fingerprint density at radius 1 is 1.50 bits per heavy atom. The van der Waals surface area contributed by atoms with Crippen LogP contribution in [-0.4, -0.2) is 20.0 Å². The summed E-state index contributed by atoms with van der Waals surface area (Å²) in [6.07, 6.45) is 0. The highest BCUT2D eigenvalue weighted by atomic mass is 32.2. The third-order valence-electron chi connectivity index (χ3n) is 0. The number of nitrogens with two attached hydrogens (primary N) is 1. The molecule has 4 nitrogen and oxygen atoms in total. The van der Waals surface area contributed by atoms with Crippen LogP contribution in [-0.2, 0) is 11.0 Å². The Morgan fingerprint density at radius 2 is 1.50 bits per heavy atom. The summed E-state index contributed by atoms with van der Waals surface area (Å²) in [7, 11) is -1.62. The van der Waals surface area contributed by atoms with Crippen molar-refractivity contribution in [3.05, 3.63) is 0 Å². The van der Waals surface area contributed by atoms with E-state index in [0.717, 1.165) is 0 Å². The van der Waals surface area contributed by atoms with Gasteiger partial charge in [-0.15, -0.1) is 0 Å². The molecule has 0 saturated carbocycles. The van der Waals surface area contributed by atoms with Crippen LogP contribution in [0.25, 0.3) is 0 Å². The Morgan fingerprint density at radius 3 is 1.50 bits per heavy atom. The van der Waals surface area contributed by atoms with E-state index >= 15 is 0 Å². The zero-order valence-electron chi connectivity index (χ0n) is 3.29. The molecule has 0 aliphatic rings. The van der Waals surface area contributed by atoms with Gasteiger partial charge in [0.25, 0.3) is 11.0 Å². The molecular formula is CH7NO3S. The zero-order valence-corrected chi connectivity index (χ0v) is 4.18. The largest absolute Gasteiger partial charge is 0.333 e. The summed E-state index contributed by atoms with van der Waals surface area (Å²) in [5, 5.41) is 0. The van der Waals surface area contributed by atoms with Crippen molar-refractivity contribution in [3.63, 3.8) is 0 Å². The van der Waals surface area contributed by atoms with Gasteiger partial charge < -0.3 is 5.73 Å². The highest BCUT2D eigenvalue weighted by Crippen LogP contribution is 1.27. The third-order valence-corrected chi connectivity index (χ3v) is 0. The summed E-state index contributed by atoms with van der Waals surface area (Å²) < 4.78 is 24.2. The van der Waals surface area contributed by atoms with Crippen LogP contribution in [0, 0.1) is 0 Å². The maximum absolute atomic E-state index is 8.59. The van der Waals surface area contributed by atoms with Crippen LogP contribution in [0.2, 0.25) is 0 Å². The lowest BCUT2D eigenvalue weighted by molar-refractivity contribution is 0.509. The molecule has 40 valence electrons. The predicted octanol–water partition coefficient (Wildman–Crippen LogP) is -1.35. The summed E-state index contributed by atoms with van der Waals surface area (Å²) in [6, 6.07) is 0. The van der Waals surface area contributed by atoms with Gasteiger partial charge in [-0.05, 0) is 7.05 Å². The smallest absolute Gasteiger partial charge is 0.254 e. The average Bonchev–Trinajstić information content (AvgIpc) is 1.41. The van der Waals surface area contributed by atoms with Crippen LogP contribution >= 0.6 is 0 Å². The molecule has 0 aliphatic heterocycles. The van der Waals surface area contributed by atoms with E-state index in [1.807, 2.05) is 0 Å². The van der Waals surface area contributed by atoms with E-state index in [0.29, 0.717) is 0 Å². The van der Waals surface area contributed by atoms with Crippen LogP contribution in [0.15, 0.2) is 0 Å². The minimum absolute atomic E-state index is 1.50. The summed E-state index contributed by atoms with van der Waals surface area (Å²) in [6.45, 7) is 0. The molecule has 0 rings (SSSR count). The molecule has 0 radical (unpaired) electrons. The van der Waals surface area contributed by atoms with Crippen molar-refractivity contribution in [1.82, 2.24) is 0 Å². The Labute approximate surface area is 37.7 Å². The molecule has 0 fully saturated rings. The van der Waals surface area contributed by atoms with Gasteiger partial charge in [-0.2, -0.15) is 0 Å². The summed E-state index contributed by atoms with van der Waals surface area (Å²) in [5.74, 6) is 0. The van der Waals surface area contributed by atoms with E-state index in [1.165, 1.54) is 7.05 Å². The van der Waals surface area contributed by atoms with Crippen LogP contribution < -0.4 is 5.73 Å². The van der Waals surface area contributed by atoms with Gasteiger partial charge in [0.05, 0.1) is 0 Å². The van der Waals surface area contributed by atoms with E-state index < -0.39 is 11.0 Å². The second kappa shape index (κ2) is 8.85. The van der Waals surface area contributed by atoms with Gasteiger partial charge in [-0.25, -0.2) is 8.42 Å². The zero-order chi connectivity index (χ0) is 5.58. The maximum Gasteiger partial charge on any atom is 0.254 e. The van der Waals surface area contributed by atoms with Gasteiger partial charge in [-0.3, -0.25) is 4.55 Å². The molecule has 0 amide bonds. The van der Waals surface area contributed by atoms with E-state index in [4.69, 9.17) is 13.0 Å². The highest BCUT2D eigenvalue weighted by Gasteiger charge is 1.44. The average molecular weight is 113 g/mol. The number of hydrogen-bond acceptors (Lipinski definition) is 3. The molecule has 0 atom stereocenters. The first-order chi connectivity index (χ1) is 2.73. The van der Waals surface area contributed by atoms with E-state index in [1.54, 1.807) is 0 Å². The molecule has 0 saturated heterocycles. The van der Waals surface area contributed by atoms with Crippen LogP contribution in [0.1, 0.15) is 0 Å². The Kier molecular flexibility index (Phi) is 13.7. The molecular weight excluding hydrogens is 106 g/mol. The Bertz CT molecular complexity index is 59.2. The predicted molar refractivity (Wildman–Crippen MR) is 23.1 cm³/mol. The molecule has 0 unspecified atom stereocenters. The van der Waals surface area contributed by atoms with E-state index in [2.05, 4.69) is 5.73 Å². The van der Waals surface area contributed by atoms with Crippen molar-refractivity contribution in [2.75, 3.05) is 7.05 Å². The summed E-state index contributed by atoms with van der Waals surface area (Å²) in [4.78, 5) is 0. The van der Waals surface area contributed by atoms with Crippen LogP contribution in [0.4, 0.5) is 0 Å². The number of rotatable bonds is 0. The topological polar surface area (TPSA) is 80.4 Å². The van der Waals surface area contributed by atoms with Crippen LogP contribution in [0.5, 0.6) is 0 Å². The molecule has 0 aromatic carbocycles. The Hall–Kier alpha value is -0.130. The molecule has 0 aliphatic carbocycles. The van der Waals surface area contributed by atoms with Crippen LogP contribution in [0.3, 0.4) is 0 Å². The summed E-state index contributed by atoms with van der Waals surface area (Å²) in [5.41, 5.74) is 4.50. The molecule has 3 N–H and O–H groups in total. The first-order valence-electron chi connectivity index (χ1n) is 1.14. The second-order valence-corrected chi connectivity index (χ2v) is 0.714.